The van der Waals surface area contributed by atoms with Gasteiger partial charge in [0.15, 0.2) is 0 Å². The number of aromatic nitrogens is 3. The minimum absolute atomic E-state index is 0.0587. The number of Topliss-reactive ketones (excluding diaryl/α,β-unsaturated/α-hetero) is 1. The number of nitrogens with zero attached hydrogens (tertiary/aromatic N) is 3. The van der Waals surface area contributed by atoms with E-state index in [0.717, 1.165) is 0 Å². The van der Waals surface area contributed by atoms with E-state index in [1.807, 2.05) is 0 Å². The van der Waals surface area contributed by atoms with E-state index in [2.05, 4.69) is 15.0 Å². The number of aryl methyl sites for hydroxylation is 1. The lowest BCUT2D eigenvalue weighted by Crippen LogP contribution is -2.18. The fourth-order valence-electron chi connectivity index (χ4n) is 1.14. The van der Waals surface area contributed by atoms with Gasteiger partial charge in [0.1, 0.15) is 12.4 Å². The van der Waals surface area contributed by atoms with Crippen LogP contribution in [0.3, 0.4) is 0 Å². The summed E-state index contributed by atoms with van der Waals surface area (Å²) in [5, 5.41) is 7.33. The second-order valence-corrected chi connectivity index (χ2v) is 3.52. The summed E-state index contributed by atoms with van der Waals surface area (Å²) >= 11 is 0. The predicted octanol–water partition coefficient (Wildman–Crippen LogP) is 0.896. The lowest BCUT2D eigenvalue weighted by Gasteiger charge is -2.06. The molecule has 1 heterocycles. The van der Waals surface area contributed by atoms with Gasteiger partial charge in [-0.25, -0.2) is 0 Å². The normalized spacial score (nSPS) is 11.8. The fraction of sp³-hybridized carbons (Fsp3) is 0.667. The maximum atomic E-state index is 11.7. The lowest BCUT2D eigenvalue weighted by molar-refractivity contribution is -0.174. The summed E-state index contributed by atoms with van der Waals surface area (Å²) in [6, 6.07) is 0. The summed E-state index contributed by atoms with van der Waals surface area (Å²) in [7, 11) is 1.66. The molecule has 1 aromatic heterocycles. The Hall–Kier alpha value is -1.44. The molecular formula is C9H12F3N3O2. The van der Waals surface area contributed by atoms with Crippen LogP contribution in [-0.2, 0) is 23.0 Å². The van der Waals surface area contributed by atoms with Gasteiger partial charge in [-0.3, -0.25) is 9.48 Å². The highest BCUT2D eigenvalue weighted by atomic mass is 19.4. The molecule has 96 valence electrons. The Bertz CT molecular complexity index is 376. The van der Waals surface area contributed by atoms with E-state index >= 15 is 0 Å². The number of ether oxygens (including phenoxy) is 1. The topological polar surface area (TPSA) is 57.0 Å². The first-order valence-corrected chi connectivity index (χ1v) is 4.88. The van der Waals surface area contributed by atoms with Crippen LogP contribution in [0, 0.1) is 0 Å². The third-order valence-corrected chi connectivity index (χ3v) is 1.82. The molecule has 8 heteroatoms. The van der Waals surface area contributed by atoms with Crippen molar-refractivity contribution in [3.05, 3.63) is 11.9 Å². The van der Waals surface area contributed by atoms with Crippen LogP contribution in [0.2, 0.25) is 0 Å². The highest BCUT2D eigenvalue weighted by molar-refractivity contribution is 5.80. The number of hydrogen-bond donors (Lipinski definition) is 0. The number of alkyl halides is 3. The number of ketones is 1. The van der Waals surface area contributed by atoms with Crippen LogP contribution in [0.5, 0.6) is 0 Å². The van der Waals surface area contributed by atoms with Crippen molar-refractivity contribution in [2.24, 2.45) is 7.05 Å². The maximum Gasteiger partial charge on any atom is 0.411 e. The van der Waals surface area contributed by atoms with E-state index in [4.69, 9.17) is 0 Å². The van der Waals surface area contributed by atoms with Gasteiger partial charge >= 0.3 is 6.18 Å². The third-order valence-electron chi connectivity index (χ3n) is 1.82. The largest absolute Gasteiger partial charge is 0.411 e. The Balaban J connectivity index is 2.18. The van der Waals surface area contributed by atoms with Crippen molar-refractivity contribution >= 4 is 5.78 Å². The Morgan fingerprint density at radius 2 is 2.24 bits per heavy atom. The second kappa shape index (κ2) is 5.76. The number of rotatable bonds is 6. The predicted molar refractivity (Wildman–Crippen MR) is 51.2 cm³/mol. The molecular weight excluding hydrogens is 239 g/mol. The standard InChI is InChI=1S/C9H12F3N3O2/c1-15-5-7(13-14-15)4-8(16)2-3-17-6-9(10,11)12/h5H,2-4,6H2,1H3. The highest BCUT2D eigenvalue weighted by Gasteiger charge is 2.27. The zero-order chi connectivity index (χ0) is 12.9. The van der Waals surface area contributed by atoms with Crippen LogP contribution in [-0.4, -0.2) is 40.2 Å². The van der Waals surface area contributed by atoms with Gasteiger partial charge in [-0.1, -0.05) is 5.21 Å². The Labute approximate surface area is 95.6 Å². The molecule has 0 saturated heterocycles. The summed E-state index contributed by atoms with van der Waals surface area (Å²) in [6.45, 7) is -1.57. The molecule has 0 amide bonds. The number of hydrogen-bond acceptors (Lipinski definition) is 4. The van der Waals surface area contributed by atoms with Gasteiger partial charge < -0.3 is 4.74 Å². The average Bonchev–Trinajstić information content (AvgIpc) is 2.57. The zero-order valence-electron chi connectivity index (χ0n) is 9.20. The number of halogens is 3. The van der Waals surface area contributed by atoms with Gasteiger partial charge in [0.25, 0.3) is 0 Å². The van der Waals surface area contributed by atoms with Crippen LogP contribution >= 0.6 is 0 Å². The van der Waals surface area contributed by atoms with Crippen molar-refractivity contribution in [2.45, 2.75) is 19.0 Å². The molecule has 0 N–H and O–H groups in total. The van der Waals surface area contributed by atoms with Crippen LogP contribution < -0.4 is 0 Å². The first-order valence-electron chi connectivity index (χ1n) is 4.88. The Morgan fingerprint density at radius 3 is 2.76 bits per heavy atom. The molecule has 5 nitrogen and oxygen atoms in total. The van der Waals surface area contributed by atoms with E-state index in [1.165, 1.54) is 4.68 Å². The van der Waals surface area contributed by atoms with Crippen molar-refractivity contribution < 1.29 is 22.7 Å². The summed E-state index contributed by atoms with van der Waals surface area (Å²) in [4.78, 5) is 11.3. The van der Waals surface area contributed by atoms with Crippen molar-refractivity contribution in [3.8, 4) is 0 Å². The molecule has 0 fully saturated rings. The quantitative estimate of drug-likeness (QED) is 0.705. The molecule has 0 aromatic carbocycles. The summed E-state index contributed by atoms with van der Waals surface area (Å²) in [5.41, 5.74) is 0.494. The van der Waals surface area contributed by atoms with E-state index in [0.29, 0.717) is 5.69 Å². The van der Waals surface area contributed by atoms with Gasteiger partial charge in [-0.05, 0) is 0 Å². The van der Waals surface area contributed by atoms with E-state index < -0.39 is 12.8 Å². The van der Waals surface area contributed by atoms with Crippen LogP contribution in [0.1, 0.15) is 12.1 Å². The van der Waals surface area contributed by atoms with Crippen molar-refractivity contribution in [3.63, 3.8) is 0 Å². The van der Waals surface area contributed by atoms with Gasteiger partial charge in [-0.15, -0.1) is 5.10 Å². The summed E-state index contributed by atoms with van der Waals surface area (Å²) in [6.07, 6.45) is -2.78. The minimum Gasteiger partial charge on any atom is -0.372 e. The molecule has 0 aliphatic carbocycles. The van der Waals surface area contributed by atoms with Crippen molar-refractivity contribution in [1.82, 2.24) is 15.0 Å². The molecule has 0 aliphatic heterocycles. The van der Waals surface area contributed by atoms with Crippen LogP contribution in [0.15, 0.2) is 6.20 Å². The van der Waals surface area contributed by atoms with Crippen LogP contribution in [0.25, 0.3) is 0 Å². The molecule has 0 aliphatic rings. The molecule has 1 aromatic rings. The number of carbonyl (C=O) groups is 1. The van der Waals surface area contributed by atoms with Gasteiger partial charge in [0, 0.05) is 19.7 Å². The monoisotopic (exact) mass is 251 g/mol. The molecule has 0 spiro atoms. The summed E-state index contributed by atoms with van der Waals surface area (Å²) in [5.74, 6) is -0.229. The first kappa shape index (κ1) is 13.6. The van der Waals surface area contributed by atoms with E-state index in [1.54, 1.807) is 13.2 Å². The van der Waals surface area contributed by atoms with Gasteiger partial charge in [0.2, 0.25) is 0 Å². The van der Waals surface area contributed by atoms with E-state index in [9.17, 15) is 18.0 Å². The van der Waals surface area contributed by atoms with Gasteiger partial charge in [0.05, 0.1) is 18.7 Å². The molecule has 0 unspecified atom stereocenters. The molecule has 17 heavy (non-hydrogen) atoms. The van der Waals surface area contributed by atoms with Crippen LogP contribution in [0.4, 0.5) is 13.2 Å². The highest BCUT2D eigenvalue weighted by Crippen LogP contribution is 2.14. The lowest BCUT2D eigenvalue weighted by atomic mass is 10.2. The SMILES string of the molecule is Cn1cc(CC(=O)CCOCC(F)(F)F)nn1. The molecule has 0 radical (unpaired) electrons. The molecule has 0 bridgehead atoms. The maximum absolute atomic E-state index is 11.7. The van der Waals surface area contributed by atoms with Crippen molar-refractivity contribution in [2.75, 3.05) is 13.2 Å². The van der Waals surface area contributed by atoms with Crippen molar-refractivity contribution in [1.29, 1.82) is 0 Å². The smallest absolute Gasteiger partial charge is 0.372 e. The Morgan fingerprint density at radius 1 is 1.53 bits per heavy atom. The molecule has 0 atom stereocenters. The molecule has 1 rings (SSSR count). The van der Waals surface area contributed by atoms with E-state index in [-0.39, 0.29) is 25.2 Å². The minimum atomic E-state index is -4.35. The average molecular weight is 251 g/mol. The second-order valence-electron chi connectivity index (χ2n) is 3.52. The fourth-order valence-corrected chi connectivity index (χ4v) is 1.14. The third kappa shape index (κ3) is 6.00. The zero-order valence-corrected chi connectivity index (χ0v) is 9.20. The molecule has 0 saturated carbocycles. The number of carbonyl (C=O) groups excluding carboxylic acids is 1. The summed E-state index contributed by atoms with van der Waals surface area (Å²) < 4.78 is 40.9. The Kier molecular flexibility index (Phi) is 4.62. The van der Waals surface area contributed by atoms with Gasteiger partial charge in [-0.2, -0.15) is 13.2 Å². The first-order chi connectivity index (χ1) is 7.87.